The number of amides is 1. The second-order valence-corrected chi connectivity index (χ2v) is 5.48. The zero-order valence-corrected chi connectivity index (χ0v) is 13.8. The average molecular weight is 336 g/mol. The van der Waals surface area contributed by atoms with Crippen molar-refractivity contribution in [3.8, 4) is 5.88 Å². The predicted octanol–water partition coefficient (Wildman–Crippen LogP) is 2.59. The van der Waals surface area contributed by atoms with E-state index in [2.05, 4.69) is 25.4 Å². The second-order valence-electron chi connectivity index (χ2n) is 5.48. The molecule has 0 saturated carbocycles. The number of fused-ring (bicyclic) bond motifs is 3. The molecule has 0 atom stereocenters. The van der Waals surface area contributed by atoms with E-state index >= 15 is 0 Å². The predicted molar refractivity (Wildman–Crippen MR) is 93.8 cm³/mol. The number of carbonyl (C=O) groups excluding carboxylic acids is 1. The van der Waals surface area contributed by atoms with Gasteiger partial charge in [-0.1, -0.05) is 0 Å². The van der Waals surface area contributed by atoms with Gasteiger partial charge in [0.15, 0.2) is 5.82 Å². The number of hydrogen-bond acceptors (Lipinski definition) is 5. The third-order valence-electron chi connectivity index (χ3n) is 3.99. The van der Waals surface area contributed by atoms with Crippen LogP contribution in [0.5, 0.6) is 5.88 Å². The number of aromatic nitrogens is 5. The van der Waals surface area contributed by atoms with Crippen LogP contribution in [0.2, 0.25) is 0 Å². The zero-order valence-electron chi connectivity index (χ0n) is 13.8. The Morgan fingerprint density at radius 1 is 1.36 bits per heavy atom. The molecule has 8 nitrogen and oxygen atoms in total. The van der Waals surface area contributed by atoms with Gasteiger partial charge in [0, 0.05) is 36.5 Å². The lowest BCUT2D eigenvalue weighted by molar-refractivity contribution is 0.102. The number of aryl methyl sites for hydroxylation is 1. The molecule has 0 fully saturated rings. The van der Waals surface area contributed by atoms with E-state index in [1.165, 1.54) is 0 Å². The first kappa shape index (κ1) is 15.1. The molecular weight excluding hydrogens is 320 g/mol. The third-order valence-corrected chi connectivity index (χ3v) is 3.99. The number of ether oxygens (including phenoxy) is 1. The number of methoxy groups -OCH3 is 1. The van der Waals surface area contributed by atoms with Crippen molar-refractivity contribution in [3.63, 3.8) is 0 Å². The van der Waals surface area contributed by atoms with Crippen molar-refractivity contribution in [2.24, 2.45) is 0 Å². The summed E-state index contributed by atoms with van der Waals surface area (Å²) in [5.74, 6) is 0.714. The Hall–Kier alpha value is -3.42. The van der Waals surface area contributed by atoms with Crippen molar-refractivity contribution in [1.82, 2.24) is 24.7 Å². The molecular formula is C17H16N6O2. The maximum atomic E-state index is 12.7. The molecule has 4 aromatic heterocycles. The largest absolute Gasteiger partial charge is 0.481 e. The highest BCUT2D eigenvalue weighted by Gasteiger charge is 2.17. The molecule has 126 valence electrons. The molecule has 25 heavy (non-hydrogen) atoms. The summed E-state index contributed by atoms with van der Waals surface area (Å²) in [5, 5.41) is 7.79. The fourth-order valence-electron chi connectivity index (χ4n) is 2.73. The summed E-state index contributed by atoms with van der Waals surface area (Å²) in [6.45, 7) is 2.72. The molecule has 0 spiro atoms. The number of hydrogen-bond donors (Lipinski definition) is 2. The van der Waals surface area contributed by atoms with Gasteiger partial charge in [-0.05, 0) is 13.0 Å². The Bertz CT molecular complexity index is 1080. The lowest BCUT2D eigenvalue weighted by atomic mass is 10.1. The van der Waals surface area contributed by atoms with Crippen LogP contribution >= 0.6 is 0 Å². The summed E-state index contributed by atoms with van der Waals surface area (Å²) in [7, 11) is 1.55. The quantitative estimate of drug-likeness (QED) is 0.597. The minimum Gasteiger partial charge on any atom is -0.481 e. The summed E-state index contributed by atoms with van der Waals surface area (Å²) in [5.41, 5.74) is 2.52. The Morgan fingerprint density at radius 3 is 3.00 bits per heavy atom. The van der Waals surface area contributed by atoms with E-state index in [9.17, 15) is 4.79 Å². The summed E-state index contributed by atoms with van der Waals surface area (Å²) < 4.78 is 6.94. The highest BCUT2D eigenvalue weighted by atomic mass is 16.5. The van der Waals surface area contributed by atoms with Crippen molar-refractivity contribution in [3.05, 3.63) is 42.4 Å². The van der Waals surface area contributed by atoms with E-state index in [0.29, 0.717) is 33.7 Å². The van der Waals surface area contributed by atoms with Gasteiger partial charge in [-0.15, -0.1) is 0 Å². The molecule has 0 unspecified atom stereocenters. The lowest BCUT2D eigenvalue weighted by Crippen LogP contribution is -2.12. The number of aromatic amines is 1. The molecule has 1 amide bonds. The fourth-order valence-corrected chi connectivity index (χ4v) is 2.73. The number of rotatable bonds is 4. The van der Waals surface area contributed by atoms with Crippen LogP contribution in [0.25, 0.3) is 21.9 Å². The Balaban J connectivity index is 1.80. The smallest absolute Gasteiger partial charge is 0.259 e. The standard InChI is InChI=1S/C17H16N6O2/c1-3-23-7-6-13(22-23)20-17(24)10-8-18-12-9-19-11-4-5-14(25-2)21-16(11)15(10)12/h4-9,18H,3H2,1-2H3,(H,20,22,24). The monoisotopic (exact) mass is 336 g/mol. The van der Waals surface area contributed by atoms with Crippen LogP contribution < -0.4 is 10.1 Å². The van der Waals surface area contributed by atoms with Crippen LogP contribution in [-0.4, -0.2) is 37.7 Å². The first-order chi connectivity index (χ1) is 12.2. The SMILES string of the molecule is CCn1ccc(NC(=O)c2c[nH]c3cnc4ccc(OC)nc4c23)n1. The Labute approximate surface area is 142 Å². The van der Waals surface area contributed by atoms with E-state index in [1.54, 1.807) is 36.3 Å². The summed E-state index contributed by atoms with van der Waals surface area (Å²) >= 11 is 0. The molecule has 4 heterocycles. The van der Waals surface area contributed by atoms with Crippen LogP contribution in [-0.2, 0) is 6.54 Å². The first-order valence-corrected chi connectivity index (χ1v) is 7.85. The number of anilines is 1. The van der Waals surface area contributed by atoms with Gasteiger partial charge in [0.2, 0.25) is 5.88 Å². The molecule has 0 aliphatic carbocycles. The van der Waals surface area contributed by atoms with Gasteiger partial charge in [-0.25, -0.2) is 4.98 Å². The minimum atomic E-state index is -0.260. The Morgan fingerprint density at radius 2 is 2.24 bits per heavy atom. The molecule has 0 bridgehead atoms. The molecule has 0 aliphatic heterocycles. The van der Waals surface area contributed by atoms with E-state index in [1.807, 2.05) is 19.2 Å². The number of nitrogens with zero attached hydrogens (tertiary/aromatic N) is 4. The molecule has 8 heteroatoms. The lowest BCUT2D eigenvalue weighted by Gasteiger charge is -2.05. The van der Waals surface area contributed by atoms with Gasteiger partial charge in [0.25, 0.3) is 5.91 Å². The van der Waals surface area contributed by atoms with Crippen LogP contribution in [0.3, 0.4) is 0 Å². The van der Waals surface area contributed by atoms with E-state index in [0.717, 1.165) is 12.1 Å². The topological polar surface area (TPSA) is 97.7 Å². The van der Waals surface area contributed by atoms with Gasteiger partial charge in [-0.2, -0.15) is 5.10 Å². The van der Waals surface area contributed by atoms with Crippen LogP contribution in [0, 0.1) is 0 Å². The molecule has 0 aliphatic rings. The van der Waals surface area contributed by atoms with Crippen molar-refractivity contribution >= 4 is 33.7 Å². The third kappa shape index (κ3) is 2.57. The number of nitrogens with one attached hydrogen (secondary N) is 2. The van der Waals surface area contributed by atoms with E-state index in [-0.39, 0.29) is 5.91 Å². The Kier molecular flexibility index (Phi) is 3.57. The maximum absolute atomic E-state index is 12.7. The highest BCUT2D eigenvalue weighted by Crippen LogP contribution is 2.27. The average Bonchev–Trinajstić information content (AvgIpc) is 3.27. The maximum Gasteiger partial charge on any atom is 0.259 e. The van der Waals surface area contributed by atoms with E-state index in [4.69, 9.17) is 4.74 Å². The van der Waals surface area contributed by atoms with Crippen molar-refractivity contribution in [2.45, 2.75) is 13.5 Å². The van der Waals surface area contributed by atoms with Gasteiger partial charge in [-0.3, -0.25) is 14.5 Å². The fraction of sp³-hybridized carbons (Fsp3) is 0.176. The van der Waals surface area contributed by atoms with Crippen molar-refractivity contribution < 1.29 is 9.53 Å². The molecule has 0 aromatic carbocycles. The number of carbonyl (C=O) groups is 1. The van der Waals surface area contributed by atoms with Gasteiger partial charge in [0.05, 0.1) is 29.9 Å². The van der Waals surface area contributed by atoms with Gasteiger partial charge < -0.3 is 15.0 Å². The summed E-state index contributed by atoms with van der Waals surface area (Å²) in [4.78, 5) is 24.6. The number of H-pyrrole nitrogens is 1. The highest BCUT2D eigenvalue weighted by molar-refractivity contribution is 6.18. The molecule has 2 N–H and O–H groups in total. The van der Waals surface area contributed by atoms with Gasteiger partial charge in [0.1, 0.15) is 5.52 Å². The summed E-state index contributed by atoms with van der Waals surface area (Å²) in [6, 6.07) is 5.32. The summed E-state index contributed by atoms with van der Waals surface area (Å²) in [6.07, 6.45) is 5.16. The molecule has 4 aromatic rings. The van der Waals surface area contributed by atoms with Crippen LogP contribution in [0.1, 0.15) is 17.3 Å². The van der Waals surface area contributed by atoms with E-state index < -0.39 is 0 Å². The normalized spacial score (nSPS) is 11.1. The minimum absolute atomic E-state index is 0.260. The van der Waals surface area contributed by atoms with Crippen LogP contribution in [0.4, 0.5) is 5.82 Å². The van der Waals surface area contributed by atoms with Crippen LogP contribution in [0.15, 0.2) is 36.8 Å². The van der Waals surface area contributed by atoms with Crippen molar-refractivity contribution in [2.75, 3.05) is 12.4 Å². The first-order valence-electron chi connectivity index (χ1n) is 7.85. The van der Waals surface area contributed by atoms with Crippen molar-refractivity contribution in [1.29, 1.82) is 0 Å². The number of pyridine rings is 2. The molecule has 4 rings (SSSR count). The second kappa shape index (κ2) is 5.90. The molecule has 0 radical (unpaired) electrons. The zero-order chi connectivity index (χ0) is 17.4. The molecule has 0 saturated heterocycles. The van der Waals surface area contributed by atoms with Gasteiger partial charge >= 0.3 is 0 Å².